The quantitative estimate of drug-likeness (QED) is 0.329. The van der Waals surface area contributed by atoms with Crippen molar-refractivity contribution in [1.82, 2.24) is 10.6 Å². The van der Waals surface area contributed by atoms with Crippen molar-refractivity contribution in [2.75, 3.05) is 6.61 Å². The molecule has 0 saturated carbocycles. The summed E-state index contributed by atoms with van der Waals surface area (Å²) in [6.45, 7) is 6.29. The van der Waals surface area contributed by atoms with E-state index in [-0.39, 0.29) is 0 Å². The van der Waals surface area contributed by atoms with E-state index in [0.29, 0.717) is 12.8 Å². The zero-order valence-corrected chi connectivity index (χ0v) is 15.5. The van der Waals surface area contributed by atoms with Gasteiger partial charge in [0, 0.05) is 0 Å². The minimum absolute atomic E-state index is 0.308. The molecule has 1 aliphatic rings. The van der Waals surface area contributed by atoms with Crippen molar-refractivity contribution in [3.05, 3.63) is 0 Å². The van der Waals surface area contributed by atoms with Crippen LogP contribution in [0.5, 0.6) is 0 Å². The standard InChI is InChI=1S/C16H30N2O8/c1-5-6-8(17-15(24)26-16(2,3)4)13(23)18-14-12(22)11(21)10(20)9(7-19)25-14/h8-12,14,19-22H,5-7H2,1-4H3,(H,17,24)(H,18,23). The Hall–Kier alpha value is -1.46. The normalized spacial score (nSPS) is 30.4. The maximum atomic E-state index is 12.5. The van der Waals surface area contributed by atoms with E-state index in [1.165, 1.54) is 0 Å². The summed E-state index contributed by atoms with van der Waals surface area (Å²) in [5.41, 5.74) is -0.728. The van der Waals surface area contributed by atoms with Crippen LogP contribution >= 0.6 is 0 Å². The number of carbonyl (C=O) groups is 2. The van der Waals surface area contributed by atoms with E-state index in [1.807, 2.05) is 6.92 Å². The summed E-state index contributed by atoms with van der Waals surface area (Å²) in [5, 5.41) is 43.5. The Bertz CT molecular complexity index is 479. The summed E-state index contributed by atoms with van der Waals surface area (Å²) in [6, 6.07) is -0.942. The van der Waals surface area contributed by atoms with Gasteiger partial charge < -0.3 is 40.5 Å². The molecule has 0 aliphatic carbocycles. The monoisotopic (exact) mass is 378 g/mol. The van der Waals surface area contributed by atoms with Crippen molar-refractivity contribution < 1.29 is 39.5 Å². The highest BCUT2D eigenvalue weighted by Gasteiger charge is 2.44. The van der Waals surface area contributed by atoms with Gasteiger partial charge in [-0.15, -0.1) is 0 Å². The van der Waals surface area contributed by atoms with Gasteiger partial charge in [0.25, 0.3) is 0 Å². The highest BCUT2D eigenvalue weighted by Crippen LogP contribution is 2.20. The number of rotatable bonds is 6. The lowest BCUT2D eigenvalue weighted by atomic mass is 9.98. The number of aliphatic hydroxyl groups excluding tert-OH is 4. The Morgan fingerprint density at radius 2 is 1.77 bits per heavy atom. The van der Waals surface area contributed by atoms with Crippen LogP contribution < -0.4 is 10.6 Å². The van der Waals surface area contributed by atoms with Gasteiger partial charge in [-0.25, -0.2) is 4.79 Å². The van der Waals surface area contributed by atoms with E-state index in [4.69, 9.17) is 9.47 Å². The molecule has 2 amide bonds. The first-order valence-corrected chi connectivity index (χ1v) is 8.60. The zero-order chi connectivity index (χ0) is 20.1. The second-order valence-electron chi connectivity index (χ2n) is 7.25. The van der Waals surface area contributed by atoms with Gasteiger partial charge >= 0.3 is 6.09 Å². The molecule has 6 atom stereocenters. The van der Waals surface area contributed by atoms with Crippen LogP contribution in [0.25, 0.3) is 0 Å². The van der Waals surface area contributed by atoms with Crippen molar-refractivity contribution in [2.45, 2.75) is 82.8 Å². The molecule has 1 rings (SSSR count). The van der Waals surface area contributed by atoms with E-state index in [9.17, 15) is 30.0 Å². The van der Waals surface area contributed by atoms with Gasteiger partial charge in [0.2, 0.25) is 5.91 Å². The number of hydrogen-bond acceptors (Lipinski definition) is 8. The van der Waals surface area contributed by atoms with Gasteiger partial charge in [-0.3, -0.25) is 4.79 Å². The average Bonchev–Trinajstić information content (AvgIpc) is 2.53. The van der Waals surface area contributed by atoms with Crippen LogP contribution in [0, 0.1) is 0 Å². The Kier molecular flexibility index (Phi) is 8.22. The largest absolute Gasteiger partial charge is 0.444 e. The van der Waals surface area contributed by atoms with Crippen LogP contribution in [-0.4, -0.2) is 81.3 Å². The van der Waals surface area contributed by atoms with Gasteiger partial charge in [0.05, 0.1) is 6.61 Å². The van der Waals surface area contributed by atoms with Crippen molar-refractivity contribution in [3.63, 3.8) is 0 Å². The predicted octanol–water partition coefficient (Wildman–Crippen LogP) is -1.40. The van der Waals surface area contributed by atoms with Crippen LogP contribution in [0.1, 0.15) is 40.5 Å². The molecule has 0 aromatic rings. The molecule has 0 spiro atoms. The predicted molar refractivity (Wildman–Crippen MR) is 90.0 cm³/mol. The van der Waals surface area contributed by atoms with Crippen molar-refractivity contribution in [1.29, 1.82) is 0 Å². The Morgan fingerprint density at radius 1 is 1.15 bits per heavy atom. The zero-order valence-electron chi connectivity index (χ0n) is 15.5. The minimum atomic E-state index is -1.60. The topological polar surface area (TPSA) is 158 Å². The number of ether oxygens (including phenoxy) is 2. The molecule has 10 nitrogen and oxygen atoms in total. The summed E-state index contributed by atoms with van der Waals surface area (Å²) in [4.78, 5) is 24.4. The van der Waals surface area contributed by atoms with Crippen LogP contribution in [0.3, 0.4) is 0 Å². The van der Waals surface area contributed by atoms with Crippen LogP contribution in [0.4, 0.5) is 4.79 Å². The summed E-state index contributed by atoms with van der Waals surface area (Å²) < 4.78 is 10.4. The molecule has 152 valence electrons. The molecule has 1 aliphatic heterocycles. The van der Waals surface area contributed by atoms with Gasteiger partial charge in [-0.2, -0.15) is 0 Å². The molecule has 1 fully saturated rings. The molecule has 0 bridgehead atoms. The number of carbonyl (C=O) groups excluding carboxylic acids is 2. The molecular weight excluding hydrogens is 348 g/mol. The summed E-state index contributed by atoms with van der Waals surface area (Å²) >= 11 is 0. The Morgan fingerprint density at radius 3 is 2.27 bits per heavy atom. The molecular formula is C16H30N2O8. The molecule has 10 heteroatoms. The molecule has 1 heterocycles. The third-order valence-corrected chi connectivity index (χ3v) is 3.76. The number of aliphatic hydroxyl groups is 4. The molecule has 0 aromatic carbocycles. The van der Waals surface area contributed by atoms with E-state index >= 15 is 0 Å². The van der Waals surface area contributed by atoms with Gasteiger partial charge in [0.1, 0.15) is 36.1 Å². The maximum Gasteiger partial charge on any atom is 0.408 e. The second-order valence-corrected chi connectivity index (χ2v) is 7.25. The second kappa shape index (κ2) is 9.47. The number of hydrogen-bond donors (Lipinski definition) is 6. The lowest BCUT2D eigenvalue weighted by molar-refractivity contribution is -0.236. The first-order chi connectivity index (χ1) is 12.0. The molecule has 6 unspecified atom stereocenters. The fourth-order valence-corrected chi connectivity index (χ4v) is 2.47. The fraction of sp³-hybridized carbons (Fsp3) is 0.875. The molecule has 0 radical (unpaired) electrons. The SMILES string of the molecule is CCCC(NC(=O)OC(C)(C)C)C(=O)NC1OC(CO)C(O)C(O)C1O. The van der Waals surface area contributed by atoms with E-state index in [1.54, 1.807) is 20.8 Å². The summed E-state index contributed by atoms with van der Waals surface area (Å²) in [7, 11) is 0. The molecule has 6 N–H and O–H groups in total. The molecule has 0 aromatic heterocycles. The maximum absolute atomic E-state index is 12.5. The number of amides is 2. The average molecular weight is 378 g/mol. The molecule has 26 heavy (non-hydrogen) atoms. The molecule has 1 saturated heterocycles. The fourth-order valence-electron chi connectivity index (χ4n) is 2.47. The van der Waals surface area contributed by atoms with Crippen molar-refractivity contribution >= 4 is 12.0 Å². The van der Waals surface area contributed by atoms with Gasteiger partial charge in [-0.05, 0) is 27.2 Å². The Balaban J connectivity index is 2.75. The smallest absolute Gasteiger partial charge is 0.408 e. The summed E-state index contributed by atoms with van der Waals surface area (Å²) in [5.74, 6) is -0.651. The van der Waals surface area contributed by atoms with E-state index < -0.39 is 60.9 Å². The number of nitrogens with one attached hydrogen (secondary N) is 2. The lowest BCUT2D eigenvalue weighted by Crippen LogP contribution is -2.64. The lowest BCUT2D eigenvalue weighted by Gasteiger charge is -2.40. The van der Waals surface area contributed by atoms with Crippen LogP contribution in [0.2, 0.25) is 0 Å². The highest BCUT2D eigenvalue weighted by atomic mass is 16.6. The van der Waals surface area contributed by atoms with Crippen LogP contribution in [0.15, 0.2) is 0 Å². The number of alkyl carbamates (subject to hydrolysis) is 1. The Labute approximate surface area is 152 Å². The third kappa shape index (κ3) is 6.36. The van der Waals surface area contributed by atoms with Gasteiger partial charge in [0.15, 0.2) is 6.23 Å². The third-order valence-electron chi connectivity index (χ3n) is 3.76. The van der Waals surface area contributed by atoms with Crippen molar-refractivity contribution in [3.8, 4) is 0 Å². The van der Waals surface area contributed by atoms with Crippen molar-refractivity contribution in [2.24, 2.45) is 0 Å². The van der Waals surface area contributed by atoms with Crippen LogP contribution in [-0.2, 0) is 14.3 Å². The first-order valence-electron chi connectivity index (χ1n) is 8.60. The highest BCUT2D eigenvalue weighted by molar-refractivity contribution is 5.85. The summed E-state index contributed by atoms with van der Waals surface area (Å²) in [6.07, 6.45) is -7.07. The van der Waals surface area contributed by atoms with Gasteiger partial charge in [-0.1, -0.05) is 13.3 Å². The minimum Gasteiger partial charge on any atom is -0.444 e. The van der Waals surface area contributed by atoms with E-state index in [0.717, 1.165) is 0 Å². The van der Waals surface area contributed by atoms with E-state index in [2.05, 4.69) is 10.6 Å². The first kappa shape index (κ1) is 22.6.